The van der Waals surface area contributed by atoms with E-state index in [0.29, 0.717) is 0 Å². The largest absolute Gasteiger partial charge is 0.309 e. The molecule has 1 aromatic rings. The monoisotopic (exact) mass is 302 g/mol. The van der Waals surface area contributed by atoms with Gasteiger partial charge in [0.15, 0.2) is 11.6 Å². The van der Waals surface area contributed by atoms with Gasteiger partial charge in [-0.25, -0.2) is 0 Å². The van der Waals surface area contributed by atoms with Crippen molar-refractivity contribution in [2.45, 2.75) is 37.8 Å². The summed E-state index contributed by atoms with van der Waals surface area (Å²) in [5, 5.41) is 7.08. The molecule has 4 unspecified atom stereocenters. The van der Waals surface area contributed by atoms with E-state index >= 15 is 0 Å². The van der Waals surface area contributed by atoms with E-state index in [1.165, 1.54) is 22.5 Å². The summed E-state index contributed by atoms with van der Waals surface area (Å²) in [5.74, 6) is 0.787. The molecule has 0 radical (unpaired) electrons. The van der Waals surface area contributed by atoms with Crippen molar-refractivity contribution in [3.63, 3.8) is 0 Å². The average molecular weight is 302 g/mol. The van der Waals surface area contributed by atoms with Crippen molar-refractivity contribution >= 4 is 22.9 Å². The predicted molar refractivity (Wildman–Crippen MR) is 79.9 cm³/mol. The predicted octanol–water partition coefficient (Wildman–Crippen LogP) is 2.22. The van der Waals surface area contributed by atoms with E-state index in [1.54, 1.807) is 0 Å². The van der Waals surface area contributed by atoms with Gasteiger partial charge in [0, 0.05) is 23.9 Å². The summed E-state index contributed by atoms with van der Waals surface area (Å²) < 4.78 is 0. The van der Waals surface area contributed by atoms with Gasteiger partial charge in [0.25, 0.3) is 0 Å². The molecule has 2 N–H and O–H groups in total. The maximum atomic E-state index is 12.6. The maximum absolute atomic E-state index is 12.6. The zero-order chi connectivity index (χ0) is 14.1. The van der Waals surface area contributed by atoms with Crippen LogP contribution in [0, 0.1) is 11.8 Å². The normalized spacial score (nSPS) is 37.1. The number of carbonyl (C=O) groups is 2. The van der Waals surface area contributed by atoms with Crippen LogP contribution in [-0.2, 0) is 0 Å². The summed E-state index contributed by atoms with van der Waals surface area (Å²) in [6.45, 7) is 1.96. The van der Waals surface area contributed by atoms with Crippen molar-refractivity contribution < 1.29 is 9.59 Å². The van der Waals surface area contributed by atoms with Crippen LogP contribution in [0.2, 0.25) is 0 Å². The summed E-state index contributed by atoms with van der Waals surface area (Å²) >= 11 is 1.48. The number of piperidine rings is 2. The minimum Gasteiger partial charge on any atom is -0.309 e. The third kappa shape index (κ3) is 1.47. The number of ketones is 2. The van der Waals surface area contributed by atoms with E-state index in [4.69, 9.17) is 0 Å². The number of thiophene rings is 1. The van der Waals surface area contributed by atoms with Crippen LogP contribution >= 0.6 is 11.3 Å². The Bertz CT molecular complexity index is 611. The van der Waals surface area contributed by atoms with Gasteiger partial charge in [-0.05, 0) is 49.9 Å². The number of hydrogen-bond acceptors (Lipinski definition) is 5. The molecule has 0 amide bonds. The van der Waals surface area contributed by atoms with Gasteiger partial charge in [0.2, 0.25) is 0 Å². The lowest BCUT2D eigenvalue weighted by molar-refractivity contribution is 0.0886. The first-order valence-corrected chi connectivity index (χ1v) is 8.81. The number of rotatable bonds is 0. The van der Waals surface area contributed by atoms with Crippen molar-refractivity contribution in [1.82, 2.24) is 10.6 Å². The Morgan fingerprint density at radius 3 is 1.76 bits per heavy atom. The molecular weight excluding hydrogens is 284 g/mol. The number of Topliss-reactive ketones (excluding diaryl/α,β-unsaturated/α-hetero) is 2. The van der Waals surface area contributed by atoms with E-state index in [9.17, 15) is 9.59 Å². The summed E-state index contributed by atoms with van der Waals surface area (Å²) in [4.78, 5) is 27.0. The summed E-state index contributed by atoms with van der Waals surface area (Å²) in [7, 11) is 0. The third-order valence-electron chi connectivity index (χ3n) is 5.64. The molecule has 1 aromatic heterocycles. The molecular formula is C16H18N2O2S. The minimum absolute atomic E-state index is 0.114. The second-order valence-corrected chi connectivity index (χ2v) is 7.70. The number of nitrogens with one attached hydrogen (secondary N) is 2. The number of hydrogen-bond donors (Lipinski definition) is 2. The van der Waals surface area contributed by atoms with Crippen molar-refractivity contribution in [3.8, 4) is 0 Å². The van der Waals surface area contributed by atoms with Gasteiger partial charge in [0.1, 0.15) is 0 Å². The van der Waals surface area contributed by atoms with E-state index in [0.717, 1.165) is 48.5 Å². The molecule has 4 aliphatic rings. The highest BCUT2D eigenvalue weighted by atomic mass is 32.1. The summed E-state index contributed by atoms with van der Waals surface area (Å²) in [6.07, 6.45) is 4.13. The van der Waals surface area contributed by atoms with Gasteiger partial charge in [0.05, 0.1) is 9.75 Å². The maximum Gasteiger partial charge on any atom is 0.178 e. The van der Waals surface area contributed by atoms with Crippen LogP contribution in [0.4, 0.5) is 0 Å². The highest BCUT2D eigenvalue weighted by Gasteiger charge is 2.51. The number of carbonyl (C=O) groups excluding carboxylic acids is 2. The highest BCUT2D eigenvalue weighted by Crippen LogP contribution is 2.54. The van der Waals surface area contributed by atoms with Crippen LogP contribution in [0.5, 0.6) is 0 Å². The first-order chi connectivity index (χ1) is 10.3. The van der Waals surface area contributed by atoms with Gasteiger partial charge in [-0.1, -0.05) is 0 Å². The van der Waals surface area contributed by atoms with Crippen LogP contribution in [0.1, 0.15) is 68.2 Å². The van der Waals surface area contributed by atoms with Crippen molar-refractivity contribution in [1.29, 1.82) is 0 Å². The Kier molecular flexibility index (Phi) is 2.53. The minimum atomic E-state index is 0.114. The first kappa shape index (κ1) is 12.5. The molecule has 4 atom stereocenters. The molecule has 21 heavy (non-hydrogen) atoms. The summed E-state index contributed by atoms with van der Waals surface area (Å²) in [5.41, 5.74) is 2.36. The molecule has 2 saturated heterocycles. The Balaban J connectivity index is 1.68. The van der Waals surface area contributed by atoms with E-state index < -0.39 is 0 Å². The van der Waals surface area contributed by atoms with Crippen LogP contribution in [0.15, 0.2) is 0 Å². The Morgan fingerprint density at radius 2 is 1.29 bits per heavy atom. The quantitative estimate of drug-likeness (QED) is 0.771. The van der Waals surface area contributed by atoms with Crippen molar-refractivity contribution in [2.75, 3.05) is 13.1 Å². The number of fused-ring (bicyclic) bond motifs is 7. The molecule has 0 aromatic carbocycles. The van der Waals surface area contributed by atoms with Crippen molar-refractivity contribution in [3.05, 3.63) is 20.9 Å². The van der Waals surface area contributed by atoms with Crippen LogP contribution < -0.4 is 10.6 Å². The zero-order valence-corrected chi connectivity index (χ0v) is 12.6. The lowest BCUT2D eigenvalue weighted by Gasteiger charge is -2.30. The molecule has 110 valence electrons. The SMILES string of the molecule is O=C1c2sc3c(c2C2NCCCC12)C1NCCCC1C3=O. The standard InChI is InChI=1S/C16H18N2O2S/c19-13-7-3-1-5-17-11(7)9-10-12-8(4-2-6-18-12)14(20)16(10)21-15(9)13/h7-8,11-12,17-18H,1-6H2. The fourth-order valence-electron chi connectivity index (χ4n) is 4.73. The Morgan fingerprint density at radius 1 is 0.810 bits per heavy atom. The first-order valence-electron chi connectivity index (χ1n) is 7.99. The Labute approximate surface area is 127 Å². The second kappa shape index (κ2) is 4.24. The van der Waals surface area contributed by atoms with Crippen LogP contribution in [0.3, 0.4) is 0 Å². The van der Waals surface area contributed by atoms with Gasteiger partial charge >= 0.3 is 0 Å². The third-order valence-corrected chi connectivity index (χ3v) is 6.89. The molecule has 0 bridgehead atoms. The fourth-order valence-corrected chi connectivity index (χ4v) is 6.13. The van der Waals surface area contributed by atoms with E-state index in [1.807, 2.05) is 0 Å². The van der Waals surface area contributed by atoms with Crippen LogP contribution in [-0.4, -0.2) is 24.7 Å². The fraction of sp³-hybridized carbons (Fsp3) is 0.625. The molecule has 0 saturated carbocycles. The van der Waals surface area contributed by atoms with Gasteiger partial charge in [-0.2, -0.15) is 0 Å². The zero-order valence-electron chi connectivity index (χ0n) is 11.8. The van der Waals surface area contributed by atoms with E-state index in [-0.39, 0.29) is 35.5 Å². The van der Waals surface area contributed by atoms with Gasteiger partial charge in [-0.3, -0.25) is 9.59 Å². The molecule has 5 heteroatoms. The topological polar surface area (TPSA) is 58.2 Å². The van der Waals surface area contributed by atoms with Gasteiger partial charge < -0.3 is 10.6 Å². The molecule has 2 fully saturated rings. The van der Waals surface area contributed by atoms with Gasteiger partial charge in [-0.15, -0.1) is 11.3 Å². The molecule has 2 aliphatic heterocycles. The molecule has 3 heterocycles. The van der Waals surface area contributed by atoms with Crippen molar-refractivity contribution in [2.24, 2.45) is 11.8 Å². The lowest BCUT2D eigenvalue weighted by Crippen LogP contribution is -2.36. The highest BCUT2D eigenvalue weighted by molar-refractivity contribution is 7.16. The molecule has 4 nitrogen and oxygen atoms in total. The molecule has 5 rings (SSSR count). The Hall–Kier alpha value is -1.04. The smallest absolute Gasteiger partial charge is 0.178 e. The second-order valence-electron chi connectivity index (χ2n) is 6.68. The summed E-state index contributed by atoms with van der Waals surface area (Å²) in [6, 6.07) is 0.327. The average Bonchev–Trinajstić information content (AvgIpc) is 3.12. The van der Waals surface area contributed by atoms with E-state index in [2.05, 4.69) is 10.6 Å². The lowest BCUT2D eigenvalue weighted by atomic mass is 9.87. The molecule has 0 spiro atoms. The van der Waals surface area contributed by atoms with Crippen LogP contribution in [0.25, 0.3) is 0 Å². The molecule has 2 aliphatic carbocycles.